The van der Waals surface area contributed by atoms with Gasteiger partial charge < -0.3 is 10.4 Å². The molecule has 0 spiro atoms. The molecule has 2 rings (SSSR count). The molecule has 1 aromatic rings. The first-order valence-electron chi connectivity index (χ1n) is 6.94. The van der Waals surface area contributed by atoms with Gasteiger partial charge in [0.2, 0.25) is 0 Å². The molecular formula is C15H20BrNO2. The van der Waals surface area contributed by atoms with Crippen LogP contribution in [0.4, 0.5) is 5.69 Å². The van der Waals surface area contributed by atoms with Gasteiger partial charge in [0.15, 0.2) is 0 Å². The number of anilines is 1. The number of carbonyl (C=O) groups is 1. The topological polar surface area (TPSA) is 49.3 Å². The SMILES string of the molecule is O=C(O)c1c(Br)cccc1NCCCC1CCCC1. The van der Waals surface area contributed by atoms with Crippen molar-refractivity contribution in [2.75, 3.05) is 11.9 Å². The quantitative estimate of drug-likeness (QED) is 0.755. The molecule has 104 valence electrons. The van der Waals surface area contributed by atoms with Gasteiger partial charge in [-0.2, -0.15) is 0 Å². The molecular weight excluding hydrogens is 306 g/mol. The summed E-state index contributed by atoms with van der Waals surface area (Å²) in [4.78, 5) is 11.2. The lowest BCUT2D eigenvalue weighted by molar-refractivity contribution is 0.0697. The Bertz CT molecular complexity index is 442. The van der Waals surface area contributed by atoms with E-state index in [-0.39, 0.29) is 0 Å². The second kappa shape index (κ2) is 6.94. The number of aromatic carboxylic acids is 1. The van der Waals surface area contributed by atoms with Crippen molar-refractivity contribution in [1.29, 1.82) is 0 Å². The van der Waals surface area contributed by atoms with Gasteiger partial charge in [0, 0.05) is 16.7 Å². The maximum Gasteiger partial charge on any atom is 0.338 e. The fourth-order valence-electron chi connectivity index (χ4n) is 2.80. The van der Waals surface area contributed by atoms with Gasteiger partial charge in [0.25, 0.3) is 0 Å². The summed E-state index contributed by atoms with van der Waals surface area (Å²) in [6.45, 7) is 0.841. The van der Waals surface area contributed by atoms with Crippen molar-refractivity contribution < 1.29 is 9.90 Å². The fourth-order valence-corrected chi connectivity index (χ4v) is 3.34. The van der Waals surface area contributed by atoms with E-state index in [1.54, 1.807) is 6.07 Å². The van der Waals surface area contributed by atoms with Crippen molar-refractivity contribution in [3.63, 3.8) is 0 Å². The van der Waals surface area contributed by atoms with Gasteiger partial charge in [-0.05, 0) is 46.8 Å². The summed E-state index contributed by atoms with van der Waals surface area (Å²) < 4.78 is 0.626. The van der Waals surface area contributed by atoms with Crippen molar-refractivity contribution in [2.24, 2.45) is 5.92 Å². The van der Waals surface area contributed by atoms with Crippen molar-refractivity contribution in [3.8, 4) is 0 Å². The van der Waals surface area contributed by atoms with Gasteiger partial charge in [0.05, 0.1) is 5.56 Å². The first kappa shape index (κ1) is 14.4. The van der Waals surface area contributed by atoms with E-state index in [0.29, 0.717) is 15.7 Å². The summed E-state index contributed by atoms with van der Waals surface area (Å²) in [6.07, 6.45) is 7.87. The van der Waals surface area contributed by atoms with Gasteiger partial charge >= 0.3 is 5.97 Å². The van der Waals surface area contributed by atoms with E-state index in [2.05, 4.69) is 21.2 Å². The lowest BCUT2D eigenvalue weighted by Gasteiger charge is -2.12. The van der Waals surface area contributed by atoms with Crippen LogP contribution >= 0.6 is 15.9 Å². The smallest absolute Gasteiger partial charge is 0.338 e. The molecule has 3 nitrogen and oxygen atoms in total. The lowest BCUT2D eigenvalue weighted by Crippen LogP contribution is -2.09. The van der Waals surface area contributed by atoms with Crippen LogP contribution in [0.15, 0.2) is 22.7 Å². The average Bonchev–Trinajstić information content (AvgIpc) is 2.87. The van der Waals surface area contributed by atoms with Crippen LogP contribution in [0.1, 0.15) is 48.9 Å². The molecule has 0 unspecified atom stereocenters. The maximum atomic E-state index is 11.2. The number of carboxylic acids is 1. The monoisotopic (exact) mass is 325 g/mol. The number of halogens is 1. The summed E-state index contributed by atoms with van der Waals surface area (Å²) in [5.74, 6) is -0.00554. The Labute approximate surface area is 122 Å². The highest BCUT2D eigenvalue weighted by Gasteiger charge is 2.15. The molecule has 19 heavy (non-hydrogen) atoms. The minimum absolute atomic E-state index is 0.323. The Morgan fingerprint density at radius 1 is 1.37 bits per heavy atom. The second-order valence-electron chi connectivity index (χ2n) is 5.19. The van der Waals surface area contributed by atoms with Gasteiger partial charge in [-0.25, -0.2) is 4.79 Å². The van der Waals surface area contributed by atoms with Gasteiger partial charge in [0.1, 0.15) is 0 Å². The van der Waals surface area contributed by atoms with Gasteiger partial charge in [-0.15, -0.1) is 0 Å². The highest BCUT2D eigenvalue weighted by Crippen LogP contribution is 2.29. The normalized spacial score (nSPS) is 15.6. The van der Waals surface area contributed by atoms with Crippen molar-refractivity contribution in [3.05, 3.63) is 28.2 Å². The van der Waals surface area contributed by atoms with Crippen LogP contribution in [0.2, 0.25) is 0 Å². The van der Waals surface area contributed by atoms with Gasteiger partial charge in [-0.3, -0.25) is 0 Å². The summed E-state index contributed by atoms with van der Waals surface area (Å²) in [5, 5.41) is 12.5. The number of nitrogens with one attached hydrogen (secondary N) is 1. The second-order valence-corrected chi connectivity index (χ2v) is 6.04. The summed E-state index contributed by atoms with van der Waals surface area (Å²) in [5.41, 5.74) is 1.02. The van der Waals surface area contributed by atoms with Crippen LogP contribution in [-0.2, 0) is 0 Å². The van der Waals surface area contributed by atoms with Crippen LogP contribution in [0.3, 0.4) is 0 Å². The molecule has 0 atom stereocenters. The number of rotatable bonds is 6. The van der Waals surface area contributed by atoms with Crippen LogP contribution in [0.25, 0.3) is 0 Å². The number of hydrogen-bond acceptors (Lipinski definition) is 2. The van der Waals surface area contributed by atoms with E-state index in [9.17, 15) is 9.90 Å². The Balaban J connectivity index is 1.85. The molecule has 0 bridgehead atoms. The molecule has 0 amide bonds. The largest absolute Gasteiger partial charge is 0.478 e. The minimum Gasteiger partial charge on any atom is -0.478 e. The summed E-state index contributed by atoms with van der Waals surface area (Å²) in [6, 6.07) is 5.44. The zero-order valence-corrected chi connectivity index (χ0v) is 12.6. The molecule has 1 aliphatic carbocycles. The molecule has 2 N–H and O–H groups in total. The first-order valence-corrected chi connectivity index (χ1v) is 7.73. The Morgan fingerprint density at radius 3 is 2.79 bits per heavy atom. The molecule has 0 radical (unpaired) electrons. The average molecular weight is 326 g/mol. The predicted octanol–water partition coefficient (Wildman–Crippen LogP) is 4.53. The molecule has 4 heteroatoms. The molecule has 0 aliphatic heterocycles. The standard InChI is InChI=1S/C15H20BrNO2/c16-12-8-3-9-13(14(12)15(18)19)17-10-4-7-11-5-1-2-6-11/h3,8-9,11,17H,1-2,4-7,10H2,(H,18,19). The first-order chi connectivity index (χ1) is 9.18. The van der Waals surface area contributed by atoms with Crippen molar-refractivity contribution in [1.82, 2.24) is 0 Å². The van der Waals surface area contributed by atoms with E-state index < -0.39 is 5.97 Å². The zero-order chi connectivity index (χ0) is 13.7. The molecule has 1 saturated carbocycles. The molecule has 0 saturated heterocycles. The van der Waals surface area contributed by atoms with E-state index in [4.69, 9.17) is 0 Å². The predicted molar refractivity (Wildman–Crippen MR) is 80.8 cm³/mol. The molecule has 1 aliphatic rings. The molecule has 0 heterocycles. The highest BCUT2D eigenvalue weighted by atomic mass is 79.9. The zero-order valence-electron chi connectivity index (χ0n) is 11.0. The maximum absolute atomic E-state index is 11.2. The number of benzene rings is 1. The molecule has 1 fully saturated rings. The van der Waals surface area contributed by atoms with E-state index >= 15 is 0 Å². The van der Waals surface area contributed by atoms with Gasteiger partial charge in [-0.1, -0.05) is 31.7 Å². The Morgan fingerprint density at radius 2 is 2.11 bits per heavy atom. The Hall–Kier alpha value is -1.03. The van der Waals surface area contributed by atoms with Crippen molar-refractivity contribution in [2.45, 2.75) is 38.5 Å². The molecule has 0 aromatic heterocycles. The van der Waals surface area contributed by atoms with Crippen molar-refractivity contribution >= 4 is 27.6 Å². The Kier molecular flexibility index (Phi) is 5.25. The lowest BCUT2D eigenvalue weighted by atomic mass is 10.0. The van der Waals surface area contributed by atoms with Crippen LogP contribution in [0.5, 0.6) is 0 Å². The molecule has 1 aromatic carbocycles. The van der Waals surface area contributed by atoms with Crippen LogP contribution in [-0.4, -0.2) is 17.6 Å². The van der Waals surface area contributed by atoms with E-state index in [1.165, 1.54) is 32.1 Å². The third kappa shape index (κ3) is 3.96. The summed E-state index contributed by atoms with van der Waals surface area (Å²) in [7, 11) is 0. The van der Waals surface area contributed by atoms with Crippen LogP contribution < -0.4 is 5.32 Å². The number of carboxylic acid groups (broad SMARTS) is 1. The summed E-state index contributed by atoms with van der Waals surface area (Å²) >= 11 is 3.29. The number of hydrogen-bond donors (Lipinski definition) is 2. The highest BCUT2D eigenvalue weighted by molar-refractivity contribution is 9.10. The minimum atomic E-state index is -0.897. The fraction of sp³-hybridized carbons (Fsp3) is 0.533. The van der Waals surface area contributed by atoms with E-state index in [0.717, 1.165) is 18.9 Å². The third-order valence-electron chi connectivity index (χ3n) is 3.81. The van der Waals surface area contributed by atoms with E-state index in [1.807, 2.05) is 12.1 Å². The van der Waals surface area contributed by atoms with Crippen LogP contribution in [0, 0.1) is 5.92 Å². The third-order valence-corrected chi connectivity index (χ3v) is 4.47.